The molecule has 0 aromatic heterocycles. The Hall–Kier alpha value is -0.630. The van der Waals surface area contributed by atoms with Crippen molar-refractivity contribution in [2.75, 3.05) is 32.2 Å². The minimum Gasteiger partial charge on any atom is -0.493 e. The van der Waals surface area contributed by atoms with Crippen LogP contribution in [-0.2, 0) is 6.54 Å². The normalized spacial score (nSPS) is 14.2. The lowest BCUT2D eigenvalue weighted by atomic mass is 10.2. The van der Waals surface area contributed by atoms with Gasteiger partial charge in [0.2, 0.25) is 0 Å². The molecule has 0 saturated heterocycles. The van der Waals surface area contributed by atoms with E-state index < -0.39 is 0 Å². The maximum absolute atomic E-state index is 5.92. The van der Waals surface area contributed by atoms with Crippen molar-refractivity contribution in [3.63, 3.8) is 0 Å². The van der Waals surface area contributed by atoms with Gasteiger partial charge in [-0.05, 0) is 31.1 Å². The first-order valence-electron chi connectivity index (χ1n) is 7.47. The van der Waals surface area contributed by atoms with Gasteiger partial charge in [-0.25, -0.2) is 0 Å². The van der Waals surface area contributed by atoms with Crippen LogP contribution in [0.15, 0.2) is 29.3 Å². The largest absolute Gasteiger partial charge is 0.493 e. The van der Waals surface area contributed by atoms with Crippen LogP contribution in [0, 0.1) is 5.92 Å². The minimum absolute atomic E-state index is 0. The highest BCUT2D eigenvalue weighted by atomic mass is 127. The van der Waals surface area contributed by atoms with Crippen molar-refractivity contribution in [3.8, 4) is 5.75 Å². The highest BCUT2D eigenvalue weighted by molar-refractivity contribution is 14.0. The third-order valence-electron chi connectivity index (χ3n) is 3.41. The lowest BCUT2D eigenvalue weighted by Gasteiger charge is -2.14. The number of para-hydroxylation sites is 1. The molecule has 0 atom stereocenters. The van der Waals surface area contributed by atoms with Gasteiger partial charge in [-0.3, -0.25) is 4.99 Å². The van der Waals surface area contributed by atoms with Crippen LogP contribution >= 0.6 is 35.7 Å². The van der Waals surface area contributed by atoms with Crippen molar-refractivity contribution < 1.29 is 4.74 Å². The summed E-state index contributed by atoms with van der Waals surface area (Å²) in [6.07, 6.45) is 4.73. The Balaban J connectivity index is 0.00000242. The molecule has 1 aromatic rings. The van der Waals surface area contributed by atoms with Crippen LogP contribution in [0.2, 0.25) is 0 Å². The fraction of sp³-hybridized carbons (Fsp3) is 0.562. The van der Waals surface area contributed by atoms with Crippen LogP contribution < -0.4 is 15.4 Å². The average Bonchev–Trinajstić information content (AvgIpc) is 3.34. The summed E-state index contributed by atoms with van der Waals surface area (Å²) in [5.41, 5.74) is 1.17. The molecule has 0 amide bonds. The minimum atomic E-state index is 0. The molecule has 1 aliphatic carbocycles. The number of hydrogen-bond acceptors (Lipinski definition) is 3. The van der Waals surface area contributed by atoms with Crippen molar-refractivity contribution >= 4 is 41.7 Å². The summed E-state index contributed by atoms with van der Waals surface area (Å²) in [6.45, 7) is 2.48. The van der Waals surface area contributed by atoms with Crippen LogP contribution in [0.4, 0.5) is 0 Å². The molecule has 0 bridgehead atoms. The summed E-state index contributed by atoms with van der Waals surface area (Å²) in [7, 11) is 1.80. The van der Waals surface area contributed by atoms with Gasteiger partial charge in [-0.15, -0.1) is 24.0 Å². The third-order valence-corrected chi connectivity index (χ3v) is 4.02. The number of ether oxygens (including phenoxy) is 1. The number of nitrogens with one attached hydrogen (secondary N) is 2. The van der Waals surface area contributed by atoms with Gasteiger partial charge in [0.05, 0.1) is 6.61 Å². The predicted molar refractivity (Wildman–Crippen MR) is 107 cm³/mol. The van der Waals surface area contributed by atoms with E-state index in [1.54, 1.807) is 7.05 Å². The number of hydrogen-bond donors (Lipinski definition) is 2. The topological polar surface area (TPSA) is 45.7 Å². The van der Waals surface area contributed by atoms with Crippen LogP contribution in [0.5, 0.6) is 5.75 Å². The SMILES string of the molecule is CN=C(NCCSC)NCc1ccccc1OCC1CC1.I. The second-order valence-electron chi connectivity index (χ2n) is 5.21. The number of guanidine groups is 1. The second-order valence-corrected chi connectivity index (χ2v) is 6.19. The average molecular weight is 435 g/mol. The van der Waals surface area contributed by atoms with Gasteiger partial charge in [0.25, 0.3) is 0 Å². The fourth-order valence-electron chi connectivity index (χ4n) is 1.95. The highest BCUT2D eigenvalue weighted by Crippen LogP contribution is 2.30. The Bertz CT molecular complexity index is 466. The van der Waals surface area contributed by atoms with Gasteiger partial charge in [0, 0.05) is 31.5 Å². The molecular formula is C16H26IN3OS. The molecule has 0 spiro atoms. The van der Waals surface area contributed by atoms with E-state index in [4.69, 9.17) is 4.74 Å². The first-order chi connectivity index (χ1) is 10.3. The van der Waals surface area contributed by atoms with Gasteiger partial charge in [-0.2, -0.15) is 11.8 Å². The lowest BCUT2D eigenvalue weighted by Crippen LogP contribution is -2.38. The first kappa shape index (κ1) is 19.4. The monoisotopic (exact) mass is 435 g/mol. The predicted octanol–water partition coefficient (Wildman–Crippen LogP) is 3.12. The van der Waals surface area contributed by atoms with E-state index in [1.165, 1.54) is 18.4 Å². The van der Waals surface area contributed by atoms with Crippen molar-refractivity contribution in [3.05, 3.63) is 29.8 Å². The molecule has 1 saturated carbocycles. The Kier molecular flexibility index (Phi) is 9.70. The molecule has 1 fully saturated rings. The molecule has 1 aliphatic rings. The maximum Gasteiger partial charge on any atom is 0.191 e. The zero-order valence-electron chi connectivity index (χ0n) is 13.3. The molecule has 22 heavy (non-hydrogen) atoms. The van der Waals surface area contributed by atoms with Crippen molar-refractivity contribution in [2.24, 2.45) is 10.9 Å². The van der Waals surface area contributed by atoms with E-state index >= 15 is 0 Å². The fourth-order valence-corrected chi connectivity index (χ4v) is 2.26. The molecule has 1 aromatic carbocycles. The Labute approximate surface area is 154 Å². The zero-order valence-corrected chi connectivity index (χ0v) is 16.4. The summed E-state index contributed by atoms with van der Waals surface area (Å²) in [6, 6.07) is 8.22. The molecule has 4 nitrogen and oxygen atoms in total. The van der Waals surface area contributed by atoms with Crippen LogP contribution in [0.3, 0.4) is 0 Å². The number of nitrogens with zero attached hydrogens (tertiary/aromatic N) is 1. The van der Waals surface area contributed by atoms with Crippen molar-refractivity contribution in [2.45, 2.75) is 19.4 Å². The van der Waals surface area contributed by atoms with Crippen molar-refractivity contribution in [1.82, 2.24) is 10.6 Å². The van der Waals surface area contributed by atoms with Gasteiger partial charge in [0.1, 0.15) is 5.75 Å². The first-order valence-corrected chi connectivity index (χ1v) is 8.87. The molecule has 124 valence electrons. The van der Waals surface area contributed by atoms with E-state index in [1.807, 2.05) is 30.0 Å². The van der Waals surface area contributed by atoms with Crippen LogP contribution in [-0.4, -0.2) is 38.2 Å². The summed E-state index contributed by atoms with van der Waals surface area (Å²) in [5.74, 6) is 3.66. The molecule has 0 heterocycles. The van der Waals surface area contributed by atoms with Gasteiger partial charge in [0.15, 0.2) is 5.96 Å². The molecule has 2 N–H and O–H groups in total. The Morgan fingerprint density at radius 2 is 2.09 bits per heavy atom. The zero-order chi connectivity index (χ0) is 14.9. The Morgan fingerprint density at radius 1 is 1.32 bits per heavy atom. The van der Waals surface area contributed by atoms with E-state index in [0.717, 1.165) is 43.1 Å². The van der Waals surface area contributed by atoms with Crippen LogP contribution in [0.25, 0.3) is 0 Å². The molecule has 6 heteroatoms. The maximum atomic E-state index is 5.92. The smallest absolute Gasteiger partial charge is 0.191 e. The molecule has 0 radical (unpaired) electrons. The second kappa shape index (κ2) is 11.0. The van der Waals surface area contributed by atoms with E-state index in [9.17, 15) is 0 Å². The lowest BCUT2D eigenvalue weighted by molar-refractivity contribution is 0.296. The molecule has 2 rings (SSSR count). The van der Waals surface area contributed by atoms with Crippen LogP contribution in [0.1, 0.15) is 18.4 Å². The number of thioether (sulfide) groups is 1. The van der Waals surface area contributed by atoms with Gasteiger partial charge in [-0.1, -0.05) is 18.2 Å². The summed E-state index contributed by atoms with van der Waals surface area (Å²) in [5, 5.41) is 6.64. The standard InChI is InChI=1S/C16H25N3OS.HI/c1-17-16(18-9-10-21-2)19-11-14-5-3-4-6-15(14)20-12-13-7-8-13;/h3-6,13H,7-12H2,1-2H3,(H2,17,18,19);1H. The van der Waals surface area contributed by atoms with E-state index in [2.05, 4.69) is 27.9 Å². The van der Waals surface area contributed by atoms with Gasteiger partial charge < -0.3 is 15.4 Å². The van der Waals surface area contributed by atoms with E-state index in [-0.39, 0.29) is 24.0 Å². The number of aliphatic imine (C=N–C) groups is 1. The number of benzene rings is 1. The summed E-state index contributed by atoms with van der Waals surface area (Å²) < 4.78 is 5.92. The Morgan fingerprint density at radius 3 is 2.77 bits per heavy atom. The molecule has 0 aliphatic heterocycles. The highest BCUT2D eigenvalue weighted by Gasteiger charge is 2.22. The molecular weight excluding hydrogens is 409 g/mol. The van der Waals surface area contributed by atoms with Gasteiger partial charge >= 0.3 is 0 Å². The quantitative estimate of drug-likeness (QED) is 0.285. The summed E-state index contributed by atoms with van der Waals surface area (Å²) >= 11 is 1.82. The van der Waals surface area contributed by atoms with E-state index in [0.29, 0.717) is 0 Å². The number of rotatable bonds is 8. The molecule has 0 unspecified atom stereocenters. The third kappa shape index (κ3) is 7.09. The van der Waals surface area contributed by atoms with Crippen molar-refractivity contribution in [1.29, 1.82) is 0 Å². The summed E-state index contributed by atoms with van der Waals surface area (Å²) in [4.78, 5) is 4.23. The number of halogens is 1.